The molecule has 1 atom stereocenters. The highest BCUT2D eigenvalue weighted by molar-refractivity contribution is 6.32. The van der Waals surface area contributed by atoms with Crippen molar-refractivity contribution in [1.82, 2.24) is 0 Å². The molecule has 0 radical (unpaired) electrons. The third kappa shape index (κ3) is 3.76. The minimum Gasteiger partial charge on any atom is -0.478 e. The number of ether oxygens (including phenoxy) is 1. The predicted molar refractivity (Wildman–Crippen MR) is 83.1 cm³/mol. The highest BCUT2D eigenvalue weighted by Crippen LogP contribution is 2.26. The lowest BCUT2D eigenvalue weighted by atomic mass is 9.97. The van der Waals surface area contributed by atoms with Crippen LogP contribution >= 0.6 is 11.6 Å². The maximum atomic E-state index is 11.5. The molecule has 0 heterocycles. The van der Waals surface area contributed by atoms with Crippen LogP contribution in [-0.4, -0.2) is 17.2 Å². The number of aliphatic carboxylic acids is 1. The van der Waals surface area contributed by atoms with Crippen LogP contribution in [-0.2, 0) is 11.2 Å². The Morgan fingerprint density at radius 2 is 1.76 bits per heavy atom. The SMILES string of the molecule is Cc1cccc(C)c1C[C@H](Oc1ccccc1Cl)C(=O)O. The summed E-state index contributed by atoms with van der Waals surface area (Å²) < 4.78 is 5.59. The van der Waals surface area contributed by atoms with Gasteiger partial charge in [-0.3, -0.25) is 0 Å². The quantitative estimate of drug-likeness (QED) is 0.907. The summed E-state index contributed by atoms with van der Waals surface area (Å²) in [6.07, 6.45) is -0.663. The molecule has 1 N–H and O–H groups in total. The third-order valence-electron chi connectivity index (χ3n) is 3.42. The van der Waals surface area contributed by atoms with Crippen LogP contribution in [0.2, 0.25) is 5.02 Å². The van der Waals surface area contributed by atoms with E-state index in [-0.39, 0.29) is 0 Å². The molecule has 0 saturated carbocycles. The van der Waals surface area contributed by atoms with Gasteiger partial charge in [-0.1, -0.05) is 41.9 Å². The van der Waals surface area contributed by atoms with Crippen molar-refractivity contribution in [2.75, 3.05) is 0 Å². The van der Waals surface area contributed by atoms with Gasteiger partial charge in [-0.25, -0.2) is 4.79 Å². The molecule has 110 valence electrons. The summed E-state index contributed by atoms with van der Waals surface area (Å²) in [5.74, 6) is -0.615. The lowest BCUT2D eigenvalue weighted by Gasteiger charge is -2.18. The molecule has 2 aromatic rings. The van der Waals surface area contributed by atoms with Crippen LogP contribution in [0.15, 0.2) is 42.5 Å². The number of hydrogen-bond acceptors (Lipinski definition) is 2. The molecule has 0 saturated heterocycles. The number of benzene rings is 2. The Morgan fingerprint density at radius 1 is 1.14 bits per heavy atom. The van der Waals surface area contributed by atoms with Crippen LogP contribution in [0, 0.1) is 13.8 Å². The van der Waals surface area contributed by atoms with E-state index in [1.165, 1.54) is 0 Å². The number of carbonyl (C=O) groups is 1. The number of carboxylic acids is 1. The van der Waals surface area contributed by atoms with Gasteiger partial charge in [0.05, 0.1) is 5.02 Å². The molecule has 0 fully saturated rings. The Morgan fingerprint density at radius 3 is 2.33 bits per heavy atom. The van der Waals surface area contributed by atoms with Crippen LogP contribution in [0.4, 0.5) is 0 Å². The molecule has 0 amide bonds. The fourth-order valence-corrected chi connectivity index (χ4v) is 2.41. The van der Waals surface area contributed by atoms with Crippen LogP contribution in [0.25, 0.3) is 0 Å². The Balaban J connectivity index is 2.25. The van der Waals surface area contributed by atoms with E-state index in [0.29, 0.717) is 17.2 Å². The number of carboxylic acid groups (broad SMARTS) is 1. The molecule has 0 aromatic heterocycles. The fraction of sp³-hybridized carbons (Fsp3) is 0.235. The van der Waals surface area contributed by atoms with E-state index < -0.39 is 12.1 Å². The molecule has 21 heavy (non-hydrogen) atoms. The maximum Gasteiger partial charge on any atom is 0.345 e. The highest BCUT2D eigenvalue weighted by atomic mass is 35.5. The van der Waals surface area contributed by atoms with Gasteiger partial charge >= 0.3 is 5.97 Å². The van der Waals surface area contributed by atoms with Crippen LogP contribution in [0.5, 0.6) is 5.75 Å². The summed E-state index contributed by atoms with van der Waals surface area (Å²) >= 11 is 6.02. The number of aryl methyl sites for hydroxylation is 2. The van der Waals surface area contributed by atoms with Gasteiger partial charge in [-0.2, -0.15) is 0 Å². The van der Waals surface area contributed by atoms with Crippen LogP contribution in [0.1, 0.15) is 16.7 Å². The lowest BCUT2D eigenvalue weighted by Crippen LogP contribution is -2.30. The number of rotatable bonds is 5. The van der Waals surface area contributed by atoms with Crippen molar-refractivity contribution >= 4 is 17.6 Å². The van der Waals surface area contributed by atoms with Crippen molar-refractivity contribution in [3.05, 3.63) is 64.2 Å². The van der Waals surface area contributed by atoms with E-state index in [2.05, 4.69) is 0 Å². The summed E-state index contributed by atoms with van der Waals surface area (Å²) in [4.78, 5) is 11.5. The van der Waals surface area contributed by atoms with Gasteiger partial charge in [-0.05, 0) is 42.7 Å². The van der Waals surface area contributed by atoms with E-state index in [1.807, 2.05) is 32.0 Å². The van der Waals surface area contributed by atoms with Crippen LogP contribution < -0.4 is 4.74 Å². The van der Waals surface area contributed by atoms with Gasteiger partial charge in [0, 0.05) is 6.42 Å². The maximum absolute atomic E-state index is 11.5. The molecule has 3 nitrogen and oxygen atoms in total. The molecule has 0 aliphatic carbocycles. The Bertz CT molecular complexity index is 632. The van der Waals surface area contributed by atoms with Crippen molar-refractivity contribution in [3.8, 4) is 5.75 Å². The van der Waals surface area contributed by atoms with Crippen molar-refractivity contribution in [2.24, 2.45) is 0 Å². The first-order chi connectivity index (χ1) is 9.99. The first-order valence-corrected chi connectivity index (χ1v) is 7.06. The monoisotopic (exact) mass is 304 g/mol. The van der Waals surface area contributed by atoms with Crippen molar-refractivity contribution < 1.29 is 14.6 Å². The molecular formula is C17H17ClO3. The Labute approximate surface area is 129 Å². The van der Waals surface area contributed by atoms with Crippen LogP contribution in [0.3, 0.4) is 0 Å². The number of para-hydroxylation sites is 1. The molecular weight excluding hydrogens is 288 g/mol. The summed E-state index contributed by atoms with van der Waals surface area (Å²) in [6, 6.07) is 12.8. The van der Waals surface area contributed by atoms with Gasteiger partial charge < -0.3 is 9.84 Å². The van der Waals surface area contributed by atoms with Gasteiger partial charge in [0.1, 0.15) is 5.75 Å². The molecule has 2 aromatic carbocycles. The molecule has 0 aliphatic rings. The Hall–Kier alpha value is -2.00. The molecule has 0 bridgehead atoms. The van der Waals surface area contributed by atoms with Crippen molar-refractivity contribution in [3.63, 3.8) is 0 Å². The molecule has 0 unspecified atom stereocenters. The van der Waals surface area contributed by atoms with Gasteiger partial charge in [0.25, 0.3) is 0 Å². The summed E-state index contributed by atoms with van der Waals surface area (Å²) in [6.45, 7) is 3.94. The van der Waals surface area contributed by atoms with Crippen molar-refractivity contribution in [2.45, 2.75) is 26.4 Å². The second-order valence-electron chi connectivity index (χ2n) is 4.95. The van der Waals surface area contributed by atoms with E-state index in [1.54, 1.807) is 24.3 Å². The average Bonchev–Trinajstić information content (AvgIpc) is 2.43. The zero-order chi connectivity index (χ0) is 15.4. The molecule has 2 rings (SSSR count). The Kier molecular flexibility index (Phi) is 4.86. The molecule has 0 aliphatic heterocycles. The third-order valence-corrected chi connectivity index (χ3v) is 3.73. The lowest BCUT2D eigenvalue weighted by molar-refractivity contribution is -0.145. The topological polar surface area (TPSA) is 46.5 Å². The smallest absolute Gasteiger partial charge is 0.345 e. The van der Waals surface area contributed by atoms with E-state index in [4.69, 9.17) is 16.3 Å². The fourth-order valence-electron chi connectivity index (χ4n) is 2.23. The van der Waals surface area contributed by atoms with Gasteiger partial charge in [0.2, 0.25) is 0 Å². The van der Waals surface area contributed by atoms with Crippen molar-refractivity contribution in [1.29, 1.82) is 0 Å². The van der Waals surface area contributed by atoms with Gasteiger partial charge in [-0.15, -0.1) is 0 Å². The number of hydrogen-bond donors (Lipinski definition) is 1. The molecule has 4 heteroatoms. The van der Waals surface area contributed by atoms with E-state index >= 15 is 0 Å². The first kappa shape index (κ1) is 15.4. The highest BCUT2D eigenvalue weighted by Gasteiger charge is 2.22. The van der Waals surface area contributed by atoms with Gasteiger partial charge in [0.15, 0.2) is 6.10 Å². The second-order valence-corrected chi connectivity index (χ2v) is 5.36. The van der Waals surface area contributed by atoms with E-state index in [0.717, 1.165) is 16.7 Å². The zero-order valence-electron chi connectivity index (χ0n) is 12.0. The second kappa shape index (κ2) is 6.64. The van der Waals surface area contributed by atoms with E-state index in [9.17, 15) is 9.90 Å². The normalized spacial score (nSPS) is 12.0. The zero-order valence-corrected chi connectivity index (χ0v) is 12.7. The largest absolute Gasteiger partial charge is 0.478 e. The summed E-state index contributed by atoms with van der Waals surface area (Å²) in [5.41, 5.74) is 3.12. The number of halogens is 1. The standard InChI is InChI=1S/C17H17ClO3/c1-11-6-5-7-12(2)13(11)10-16(17(19)20)21-15-9-4-3-8-14(15)18/h3-9,16H,10H2,1-2H3,(H,19,20)/t16-/m0/s1. The predicted octanol–water partition coefficient (Wildman–Crippen LogP) is 4.03. The minimum atomic E-state index is -1.00. The first-order valence-electron chi connectivity index (χ1n) is 6.68. The summed E-state index contributed by atoms with van der Waals surface area (Å²) in [7, 11) is 0. The minimum absolute atomic E-state index is 0.305. The average molecular weight is 305 g/mol. The molecule has 0 spiro atoms. The summed E-state index contributed by atoms with van der Waals surface area (Å²) in [5, 5.41) is 9.81.